The Morgan fingerprint density at radius 2 is 1.73 bits per heavy atom. The van der Waals surface area contributed by atoms with Crippen molar-refractivity contribution in [2.45, 2.75) is 32.1 Å². The average molecular weight is 269 g/mol. The number of hydrogen-bond donors (Lipinski definition) is 1. The van der Waals surface area contributed by atoms with Crippen LogP contribution in [0.2, 0.25) is 0 Å². The van der Waals surface area contributed by atoms with Crippen LogP contribution in [0, 0.1) is 5.41 Å². The van der Waals surface area contributed by atoms with Crippen LogP contribution >= 0.6 is 15.9 Å². The van der Waals surface area contributed by atoms with Gasteiger partial charge in [0.25, 0.3) is 0 Å². The van der Waals surface area contributed by atoms with Crippen LogP contribution in [-0.4, -0.2) is 11.7 Å². The molecule has 1 aliphatic rings. The molecule has 1 aliphatic carbocycles. The van der Waals surface area contributed by atoms with Gasteiger partial charge in [0, 0.05) is 11.1 Å². The van der Waals surface area contributed by atoms with Gasteiger partial charge in [0.1, 0.15) is 0 Å². The first kappa shape index (κ1) is 11.2. The van der Waals surface area contributed by atoms with Crippen molar-refractivity contribution < 1.29 is 5.11 Å². The predicted octanol–water partition coefficient (Wildman–Crippen LogP) is 3.50. The summed E-state index contributed by atoms with van der Waals surface area (Å²) in [6.45, 7) is 4.75. The Morgan fingerprint density at radius 3 is 2.20 bits per heavy atom. The molecule has 0 heterocycles. The molecule has 0 unspecified atom stereocenters. The second-order valence-corrected chi connectivity index (χ2v) is 6.31. The van der Waals surface area contributed by atoms with Gasteiger partial charge < -0.3 is 5.11 Å². The van der Waals surface area contributed by atoms with Gasteiger partial charge in [-0.3, -0.25) is 0 Å². The van der Waals surface area contributed by atoms with E-state index >= 15 is 0 Å². The van der Waals surface area contributed by atoms with Crippen molar-refractivity contribution in [3.63, 3.8) is 0 Å². The largest absolute Gasteiger partial charge is 0.396 e. The maximum Gasteiger partial charge on any atom is 0.0485 e. The molecule has 1 aromatic carbocycles. The zero-order valence-corrected chi connectivity index (χ0v) is 10.8. The van der Waals surface area contributed by atoms with Crippen LogP contribution in [0.3, 0.4) is 0 Å². The quantitative estimate of drug-likeness (QED) is 0.871. The van der Waals surface area contributed by atoms with Crippen LogP contribution in [0.1, 0.15) is 32.3 Å². The van der Waals surface area contributed by atoms with Gasteiger partial charge in [-0.1, -0.05) is 41.9 Å². The zero-order valence-electron chi connectivity index (χ0n) is 9.26. The molecular formula is C13H17BrO. The molecule has 1 fully saturated rings. The molecule has 2 heteroatoms. The standard InChI is InChI=1S/C13H17BrO/c1-12(9-15)7-13(2,8-12)10-3-5-11(14)6-4-10/h3-6,15H,7-9H2,1-2H3. The van der Waals surface area contributed by atoms with Crippen molar-refractivity contribution in [3.05, 3.63) is 34.3 Å². The monoisotopic (exact) mass is 268 g/mol. The highest BCUT2D eigenvalue weighted by molar-refractivity contribution is 9.10. The fourth-order valence-electron chi connectivity index (χ4n) is 3.00. The molecule has 0 saturated heterocycles. The SMILES string of the molecule is CC1(CO)CC(C)(c2ccc(Br)cc2)C1. The molecule has 0 aliphatic heterocycles. The van der Waals surface area contributed by atoms with Crippen molar-refractivity contribution in [1.82, 2.24) is 0 Å². The van der Waals surface area contributed by atoms with Crippen LogP contribution in [0.5, 0.6) is 0 Å². The van der Waals surface area contributed by atoms with Gasteiger partial charge in [0.05, 0.1) is 0 Å². The Kier molecular flexibility index (Phi) is 2.68. The number of rotatable bonds is 2. The number of aliphatic hydroxyl groups excluding tert-OH is 1. The minimum Gasteiger partial charge on any atom is -0.396 e. The maximum absolute atomic E-state index is 9.26. The zero-order chi connectivity index (χ0) is 11.1. The first-order valence-corrected chi connectivity index (χ1v) is 6.14. The van der Waals surface area contributed by atoms with E-state index in [-0.39, 0.29) is 10.8 Å². The molecule has 0 aromatic heterocycles. The highest BCUT2D eigenvalue weighted by atomic mass is 79.9. The van der Waals surface area contributed by atoms with Crippen molar-refractivity contribution >= 4 is 15.9 Å². The Labute approximate surface area is 99.6 Å². The van der Waals surface area contributed by atoms with Crippen molar-refractivity contribution in [2.24, 2.45) is 5.41 Å². The fraction of sp³-hybridized carbons (Fsp3) is 0.538. The average Bonchev–Trinajstić information content (AvgIpc) is 2.16. The van der Waals surface area contributed by atoms with Crippen LogP contribution < -0.4 is 0 Å². The van der Waals surface area contributed by atoms with Crippen LogP contribution in [-0.2, 0) is 5.41 Å². The Bertz CT molecular complexity index is 349. The van der Waals surface area contributed by atoms with E-state index in [1.54, 1.807) is 0 Å². The smallest absolute Gasteiger partial charge is 0.0485 e. The van der Waals surface area contributed by atoms with Gasteiger partial charge in [0.15, 0.2) is 0 Å². The molecular weight excluding hydrogens is 252 g/mol. The highest BCUT2D eigenvalue weighted by Crippen LogP contribution is 2.55. The molecule has 0 spiro atoms. The topological polar surface area (TPSA) is 20.2 Å². The molecule has 15 heavy (non-hydrogen) atoms. The minimum absolute atomic E-state index is 0.141. The third kappa shape index (κ3) is 1.98. The predicted molar refractivity (Wildman–Crippen MR) is 65.9 cm³/mol. The molecule has 1 nitrogen and oxygen atoms in total. The summed E-state index contributed by atoms with van der Waals surface area (Å²) in [7, 11) is 0. The summed E-state index contributed by atoms with van der Waals surface area (Å²) in [6, 6.07) is 8.55. The van der Waals surface area contributed by atoms with E-state index in [1.807, 2.05) is 0 Å². The van der Waals surface area contributed by atoms with Crippen LogP contribution in [0.25, 0.3) is 0 Å². The molecule has 0 radical (unpaired) electrons. The maximum atomic E-state index is 9.26. The third-order valence-electron chi connectivity index (χ3n) is 3.56. The molecule has 0 bridgehead atoms. The lowest BCUT2D eigenvalue weighted by Crippen LogP contribution is -2.48. The summed E-state index contributed by atoms with van der Waals surface area (Å²) in [5.74, 6) is 0. The van der Waals surface area contributed by atoms with Crippen LogP contribution in [0.4, 0.5) is 0 Å². The molecule has 0 amide bonds. The Hall–Kier alpha value is -0.340. The Balaban J connectivity index is 2.16. The van der Waals surface area contributed by atoms with E-state index in [1.165, 1.54) is 5.56 Å². The number of hydrogen-bond acceptors (Lipinski definition) is 1. The normalized spacial score (nSPS) is 34.9. The lowest BCUT2D eigenvalue weighted by Gasteiger charge is -2.52. The van der Waals surface area contributed by atoms with Crippen molar-refractivity contribution in [3.8, 4) is 0 Å². The second-order valence-electron chi connectivity index (χ2n) is 5.39. The first-order chi connectivity index (χ1) is 6.97. The molecule has 82 valence electrons. The van der Waals surface area contributed by atoms with E-state index in [2.05, 4.69) is 54.0 Å². The summed E-state index contributed by atoms with van der Waals surface area (Å²) < 4.78 is 1.12. The van der Waals surface area contributed by atoms with E-state index in [9.17, 15) is 5.11 Å². The molecule has 1 saturated carbocycles. The van der Waals surface area contributed by atoms with Gasteiger partial charge in [-0.15, -0.1) is 0 Å². The highest BCUT2D eigenvalue weighted by Gasteiger charge is 2.49. The number of benzene rings is 1. The molecule has 0 atom stereocenters. The summed E-state index contributed by atoms with van der Waals surface area (Å²) in [6.07, 6.45) is 2.16. The van der Waals surface area contributed by atoms with Gasteiger partial charge >= 0.3 is 0 Å². The summed E-state index contributed by atoms with van der Waals surface area (Å²) in [4.78, 5) is 0. The van der Waals surface area contributed by atoms with E-state index in [0.29, 0.717) is 6.61 Å². The van der Waals surface area contributed by atoms with Gasteiger partial charge in [-0.05, 0) is 41.4 Å². The van der Waals surface area contributed by atoms with Gasteiger partial charge in [0.2, 0.25) is 0 Å². The van der Waals surface area contributed by atoms with E-state index in [0.717, 1.165) is 17.3 Å². The third-order valence-corrected chi connectivity index (χ3v) is 4.09. The molecule has 2 rings (SSSR count). The lowest BCUT2D eigenvalue weighted by atomic mass is 9.52. The van der Waals surface area contributed by atoms with E-state index < -0.39 is 0 Å². The number of aliphatic hydroxyl groups is 1. The van der Waals surface area contributed by atoms with Crippen molar-refractivity contribution in [2.75, 3.05) is 6.61 Å². The minimum atomic E-state index is 0.141. The molecule has 1 N–H and O–H groups in total. The van der Waals surface area contributed by atoms with E-state index in [4.69, 9.17) is 0 Å². The second kappa shape index (κ2) is 3.60. The molecule has 1 aromatic rings. The Morgan fingerprint density at radius 1 is 1.20 bits per heavy atom. The first-order valence-electron chi connectivity index (χ1n) is 5.34. The number of halogens is 1. The van der Waals surface area contributed by atoms with Crippen LogP contribution in [0.15, 0.2) is 28.7 Å². The summed E-state index contributed by atoms with van der Waals surface area (Å²) in [5.41, 5.74) is 1.79. The fourth-order valence-corrected chi connectivity index (χ4v) is 3.26. The van der Waals surface area contributed by atoms with Crippen molar-refractivity contribution in [1.29, 1.82) is 0 Å². The summed E-state index contributed by atoms with van der Waals surface area (Å²) in [5, 5.41) is 9.26. The summed E-state index contributed by atoms with van der Waals surface area (Å²) >= 11 is 3.45. The van der Waals surface area contributed by atoms with Gasteiger partial charge in [-0.2, -0.15) is 0 Å². The lowest BCUT2D eigenvalue weighted by molar-refractivity contribution is -0.00423. The van der Waals surface area contributed by atoms with Gasteiger partial charge in [-0.25, -0.2) is 0 Å².